The molecule has 1 aromatic rings. The third-order valence-corrected chi connectivity index (χ3v) is 2.61. The van der Waals surface area contributed by atoms with Gasteiger partial charge in [-0.15, -0.1) is 0 Å². The van der Waals surface area contributed by atoms with Crippen LogP contribution in [0.4, 0.5) is 10.1 Å². The van der Waals surface area contributed by atoms with Crippen molar-refractivity contribution in [2.45, 2.75) is 32.9 Å². The summed E-state index contributed by atoms with van der Waals surface area (Å²) in [6.45, 7) is 4.69. The Morgan fingerprint density at radius 2 is 2.11 bits per heavy atom. The van der Waals surface area contributed by atoms with Crippen molar-refractivity contribution in [1.82, 2.24) is 5.32 Å². The number of halogens is 1. The van der Waals surface area contributed by atoms with Crippen molar-refractivity contribution in [2.75, 3.05) is 6.54 Å². The van der Waals surface area contributed by atoms with Crippen molar-refractivity contribution in [1.29, 1.82) is 0 Å². The van der Waals surface area contributed by atoms with Crippen molar-refractivity contribution < 1.29 is 14.4 Å². The first-order valence-corrected chi connectivity index (χ1v) is 6.21. The molecule has 0 aliphatic heterocycles. The summed E-state index contributed by atoms with van der Waals surface area (Å²) < 4.78 is 13.2. The minimum absolute atomic E-state index is 0.264. The second-order valence-corrected chi connectivity index (χ2v) is 4.99. The molecule has 0 fully saturated rings. The van der Waals surface area contributed by atoms with Crippen LogP contribution in [-0.4, -0.2) is 22.7 Å². The first kappa shape index (κ1) is 15.5. The molecule has 0 heterocycles. The number of nitrogens with one attached hydrogen (secondary N) is 1. The molecular formula is C13H19FN2O3. The van der Waals surface area contributed by atoms with Crippen molar-refractivity contribution in [3.63, 3.8) is 0 Å². The van der Waals surface area contributed by atoms with E-state index in [1.165, 1.54) is 12.1 Å². The van der Waals surface area contributed by atoms with Gasteiger partial charge in [-0.05, 0) is 24.0 Å². The van der Waals surface area contributed by atoms with Crippen LogP contribution in [0.3, 0.4) is 0 Å². The number of hydrogen-bond donors (Lipinski definition) is 2. The van der Waals surface area contributed by atoms with Crippen molar-refractivity contribution in [3.8, 4) is 0 Å². The fraction of sp³-hybridized carbons (Fsp3) is 0.538. The maximum Gasteiger partial charge on any atom is 0.272 e. The summed E-state index contributed by atoms with van der Waals surface area (Å²) in [7, 11) is 0. The fourth-order valence-corrected chi connectivity index (χ4v) is 1.85. The molecule has 5 nitrogen and oxygen atoms in total. The zero-order valence-electron chi connectivity index (χ0n) is 11.1. The predicted molar refractivity (Wildman–Crippen MR) is 70.2 cm³/mol. The number of nitro benzene ring substituents is 1. The molecule has 1 atom stereocenters. The summed E-state index contributed by atoms with van der Waals surface area (Å²) in [4.78, 5) is 9.96. The average Bonchev–Trinajstić information content (AvgIpc) is 2.27. The van der Waals surface area contributed by atoms with E-state index < -0.39 is 16.8 Å². The van der Waals surface area contributed by atoms with E-state index in [1.54, 1.807) is 0 Å². The highest BCUT2D eigenvalue weighted by Crippen LogP contribution is 2.16. The molecule has 19 heavy (non-hydrogen) atoms. The molecule has 1 aromatic carbocycles. The van der Waals surface area contributed by atoms with E-state index in [-0.39, 0.29) is 12.2 Å². The van der Waals surface area contributed by atoms with E-state index in [9.17, 15) is 19.6 Å². The van der Waals surface area contributed by atoms with Gasteiger partial charge in [0.15, 0.2) is 0 Å². The lowest BCUT2D eigenvalue weighted by molar-refractivity contribution is -0.385. The second-order valence-electron chi connectivity index (χ2n) is 4.99. The molecule has 0 amide bonds. The molecule has 0 spiro atoms. The standard InChI is InChI=1S/C13H19FN2O3/c1-9(2)3-13(17)8-15-7-10-4-11(14)6-12(5-10)16(18)19/h4-6,9,13,15,17H,3,7-8H2,1-2H3. The predicted octanol–water partition coefficient (Wildman–Crippen LogP) is 2.23. The summed E-state index contributed by atoms with van der Waals surface area (Å²) in [5.74, 6) is -0.235. The molecule has 1 rings (SSSR count). The van der Waals surface area contributed by atoms with E-state index >= 15 is 0 Å². The van der Waals surface area contributed by atoms with Gasteiger partial charge in [0.2, 0.25) is 0 Å². The zero-order valence-corrected chi connectivity index (χ0v) is 11.1. The largest absolute Gasteiger partial charge is 0.392 e. The molecule has 0 saturated heterocycles. The third kappa shape index (κ3) is 5.76. The van der Waals surface area contributed by atoms with Crippen LogP contribution in [0, 0.1) is 21.8 Å². The van der Waals surface area contributed by atoms with Crippen LogP contribution in [0.2, 0.25) is 0 Å². The Morgan fingerprint density at radius 1 is 1.42 bits per heavy atom. The summed E-state index contributed by atoms with van der Waals surface area (Å²) in [6, 6.07) is 3.46. The fourth-order valence-electron chi connectivity index (χ4n) is 1.85. The highest BCUT2D eigenvalue weighted by Gasteiger charge is 2.10. The molecule has 6 heteroatoms. The van der Waals surface area contributed by atoms with Gasteiger partial charge in [0.1, 0.15) is 5.82 Å². The molecule has 0 radical (unpaired) electrons. The van der Waals surface area contributed by atoms with Crippen molar-refractivity contribution >= 4 is 5.69 Å². The number of non-ortho nitro benzene ring substituents is 1. The average molecular weight is 270 g/mol. The lowest BCUT2D eigenvalue weighted by Gasteiger charge is -2.13. The van der Waals surface area contributed by atoms with E-state index in [4.69, 9.17) is 0 Å². The summed E-state index contributed by atoms with van der Waals surface area (Å²) in [5.41, 5.74) is 0.225. The minimum Gasteiger partial charge on any atom is -0.392 e. The van der Waals surface area contributed by atoms with Gasteiger partial charge in [0, 0.05) is 19.2 Å². The topological polar surface area (TPSA) is 75.4 Å². The van der Waals surface area contributed by atoms with Crippen LogP contribution < -0.4 is 5.32 Å². The molecule has 1 unspecified atom stereocenters. The first-order chi connectivity index (χ1) is 8.88. The van der Waals surface area contributed by atoms with E-state index in [0.29, 0.717) is 24.4 Å². The van der Waals surface area contributed by atoms with Crippen LogP contribution in [-0.2, 0) is 6.54 Å². The Bertz CT molecular complexity index is 438. The molecular weight excluding hydrogens is 251 g/mol. The Morgan fingerprint density at radius 3 is 2.68 bits per heavy atom. The van der Waals surface area contributed by atoms with Gasteiger partial charge < -0.3 is 10.4 Å². The van der Waals surface area contributed by atoms with Gasteiger partial charge in [-0.25, -0.2) is 4.39 Å². The van der Waals surface area contributed by atoms with E-state index in [2.05, 4.69) is 5.32 Å². The van der Waals surface area contributed by atoms with Gasteiger partial charge >= 0.3 is 0 Å². The monoisotopic (exact) mass is 270 g/mol. The van der Waals surface area contributed by atoms with Gasteiger partial charge in [-0.1, -0.05) is 13.8 Å². The lowest BCUT2D eigenvalue weighted by atomic mass is 10.1. The quantitative estimate of drug-likeness (QED) is 0.588. The van der Waals surface area contributed by atoms with Gasteiger partial charge in [-0.2, -0.15) is 0 Å². The molecule has 2 N–H and O–H groups in total. The Labute approximate surface area is 111 Å². The lowest BCUT2D eigenvalue weighted by Crippen LogP contribution is -2.27. The number of nitrogens with zero attached hydrogens (tertiary/aromatic N) is 1. The summed E-state index contributed by atoms with van der Waals surface area (Å²) in [6.07, 6.45) is 0.208. The Balaban J connectivity index is 2.51. The number of aliphatic hydroxyl groups excluding tert-OH is 1. The van der Waals surface area contributed by atoms with Gasteiger partial charge in [0.05, 0.1) is 17.1 Å². The van der Waals surface area contributed by atoms with Crippen LogP contribution in [0.25, 0.3) is 0 Å². The second kappa shape index (κ2) is 7.16. The molecule has 0 aliphatic carbocycles. The first-order valence-electron chi connectivity index (χ1n) is 6.21. The maximum absolute atomic E-state index is 13.2. The summed E-state index contributed by atoms with van der Waals surface area (Å²) >= 11 is 0. The third-order valence-electron chi connectivity index (χ3n) is 2.61. The molecule has 106 valence electrons. The normalized spacial score (nSPS) is 12.7. The number of rotatable bonds is 7. The zero-order chi connectivity index (χ0) is 14.4. The highest BCUT2D eigenvalue weighted by atomic mass is 19.1. The summed E-state index contributed by atoms with van der Waals surface area (Å²) in [5, 5.41) is 23.2. The smallest absolute Gasteiger partial charge is 0.272 e. The SMILES string of the molecule is CC(C)CC(O)CNCc1cc(F)cc([N+](=O)[O-])c1. The number of aliphatic hydroxyl groups is 1. The van der Waals surface area contributed by atoms with Crippen LogP contribution in [0.15, 0.2) is 18.2 Å². The number of nitro groups is 1. The maximum atomic E-state index is 13.2. The van der Waals surface area contributed by atoms with Gasteiger partial charge in [0.25, 0.3) is 5.69 Å². The van der Waals surface area contributed by atoms with Crippen molar-refractivity contribution in [3.05, 3.63) is 39.7 Å². The van der Waals surface area contributed by atoms with Crippen molar-refractivity contribution in [2.24, 2.45) is 5.92 Å². The van der Waals surface area contributed by atoms with Gasteiger partial charge in [-0.3, -0.25) is 10.1 Å². The molecule has 0 aromatic heterocycles. The van der Waals surface area contributed by atoms with Crippen LogP contribution >= 0.6 is 0 Å². The minimum atomic E-state index is -0.631. The molecule has 0 saturated carbocycles. The molecule has 0 aliphatic rings. The Kier molecular flexibility index (Phi) is 5.85. The van der Waals surface area contributed by atoms with Crippen LogP contribution in [0.1, 0.15) is 25.8 Å². The highest BCUT2D eigenvalue weighted by molar-refractivity contribution is 5.35. The van der Waals surface area contributed by atoms with Crippen LogP contribution in [0.5, 0.6) is 0 Å². The number of hydrogen-bond acceptors (Lipinski definition) is 4. The Hall–Kier alpha value is -1.53. The van der Waals surface area contributed by atoms with E-state index in [0.717, 1.165) is 6.07 Å². The van der Waals surface area contributed by atoms with E-state index in [1.807, 2.05) is 13.8 Å². The molecule has 0 bridgehead atoms. The number of benzene rings is 1.